The van der Waals surface area contributed by atoms with Crippen LogP contribution < -0.4 is 5.32 Å². The van der Waals surface area contributed by atoms with Crippen LogP contribution in [0.25, 0.3) is 0 Å². The van der Waals surface area contributed by atoms with Crippen LogP contribution in [0.15, 0.2) is 0 Å². The Morgan fingerprint density at radius 2 is 1.91 bits per heavy atom. The van der Waals surface area contributed by atoms with E-state index in [0.717, 1.165) is 32.2 Å². The lowest BCUT2D eigenvalue weighted by Crippen LogP contribution is -2.62. The molecule has 1 saturated carbocycles. The molecule has 1 aliphatic carbocycles. The molecule has 2 aliphatic heterocycles. The number of rotatable bonds is 3. The maximum atomic E-state index is 12.1. The van der Waals surface area contributed by atoms with Crippen LogP contribution in [0.3, 0.4) is 0 Å². The molecular formula is C15H24N4O3. The number of hydrogen-bond acceptors (Lipinski definition) is 4. The first kappa shape index (κ1) is 15.3. The number of imide groups is 1. The average molecular weight is 308 g/mol. The van der Waals surface area contributed by atoms with Gasteiger partial charge in [-0.1, -0.05) is 0 Å². The molecule has 7 heteroatoms. The van der Waals surface area contributed by atoms with Crippen molar-refractivity contribution in [3.63, 3.8) is 0 Å². The molecule has 2 saturated heterocycles. The van der Waals surface area contributed by atoms with Crippen LogP contribution in [0, 0.1) is 5.92 Å². The molecule has 0 aromatic carbocycles. The summed E-state index contributed by atoms with van der Waals surface area (Å²) >= 11 is 0. The first-order chi connectivity index (χ1) is 10.5. The molecule has 0 radical (unpaired) electrons. The van der Waals surface area contributed by atoms with Gasteiger partial charge in [0, 0.05) is 39.1 Å². The Morgan fingerprint density at radius 1 is 1.18 bits per heavy atom. The van der Waals surface area contributed by atoms with Crippen LogP contribution in [0.5, 0.6) is 0 Å². The Balaban J connectivity index is 1.62. The van der Waals surface area contributed by atoms with Gasteiger partial charge in [0.15, 0.2) is 0 Å². The smallest absolute Gasteiger partial charge is 0.327 e. The van der Waals surface area contributed by atoms with E-state index in [0.29, 0.717) is 13.0 Å². The molecule has 122 valence electrons. The van der Waals surface area contributed by atoms with Crippen molar-refractivity contribution in [1.29, 1.82) is 0 Å². The van der Waals surface area contributed by atoms with E-state index >= 15 is 0 Å². The minimum absolute atomic E-state index is 0.125. The molecule has 0 aromatic heterocycles. The third kappa shape index (κ3) is 2.95. The summed E-state index contributed by atoms with van der Waals surface area (Å²) in [6.07, 6.45) is 4.07. The predicted octanol–water partition coefficient (Wildman–Crippen LogP) is 0.217. The highest BCUT2D eigenvalue weighted by Gasteiger charge is 2.39. The second kappa shape index (κ2) is 5.87. The molecule has 0 aromatic rings. The summed E-state index contributed by atoms with van der Waals surface area (Å²) < 4.78 is 0. The van der Waals surface area contributed by atoms with Gasteiger partial charge < -0.3 is 10.2 Å². The molecule has 2 atom stereocenters. The Bertz CT molecular complexity index is 491. The highest BCUT2D eigenvalue weighted by Crippen LogP contribution is 2.29. The van der Waals surface area contributed by atoms with Crippen LogP contribution >= 0.6 is 0 Å². The summed E-state index contributed by atoms with van der Waals surface area (Å²) in [5.41, 5.74) is 0. The fourth-order valence-corrected chi connectivity index (χ4v) is 3.33. The maximum absolute atomic E-state index is 12.1. The number of carbonyl (C=O) groups excluding carboxylic acids is 3. The van der Waals surface area contributed by atoms with Crippen LogP contribution in [0.2, 0.25) is 0 Å². The number of hydrogen-bond donors (Lipinski definition) is 1. The Morgan fingerprint density at radius 3 is 2.59 bits per heavy atom. The van der Waals surface area contributed by atoms with Crippen molar-refractivity contribution < 1.29 is 14.4 Å². The molecule has 0 spiro atoms. The number of nitrogens with one attached hydrogen (secondary N) is 1. The molecule has 1 N–H and O–H groups in total. The van der Waals surface area contributed by atoms with Crippen molar-refractivity contribution in [2.24, 2.45) is 5.92 Å². The molecule has 0 bridgehead atoms. The van der Waals surface area contributed by atoms with Crippen molar-refractivity contribution in [3.05, 3.63) is 0 Å². The van der Waals surface area contributed by atoms with E-state index in [9.17, 15) is 14.4 Å². The van der Waals surface area contributed by atoms with Gasteiger partial charge in [-0.05, 0) is 25.7 Å². The van der Waals surface area contributed by atoms with E-state index in [1.165, 1.54) is 11.9 Å². The molecule has 3 rings (SSSR count). The molecule has 4 amide bonds. The minimum atomic E-state index is -0.259. The van der Waals surface area contributed by atoms with Crippen molar-refractivity contribution in [2.75, 3.05) is 27.2 Å². The molecule has 2 heterocycles. The molecule has 22 heavy (non-hydrogen) atoms. The Labute approximate surface area is 130 Å². The van der Waals surface area contributed by atoms with Gasteiger partial charge in [0.25, 0.3) is 0 Å². The zero-order chi connectivity index (χ0) is 15.9. The van der Waals surface area contributed by atoms with Gasteiger partial charge in [-0.3, -0.25) is 19.4 Å². The summed E-state index contributed by atoms with van der Waals surface area (Å²) in [6, 6.07) is -0.134. The Hall–Kier alpha value is -1.63. The predicted molar refractivity (Wildman–Crippen MR) is 79.8 cm³/mol. The highest BCUT2D eigenvalue weighted by atomic mass is 16.2. The summed E-state index contributed by atoms with van der Waals surface area (Å²) in [4.78, 5) is 40.9. The molecule has 7 nitrogen and oxygen atoms in total. The number of carbonyl (C=O) groups is 3. The van der Waals surface area contributed by atoms with E-state index in [4.69, 9.17) is 0 Å². The minimum Gasteiger partial charge on any atom is -0.352 e. The zero-order valence-corrected chi connectivity index (χ0v) is 13.2. The van der Waals surface area contributed by atoms with E-state index in [1.807, 2.05) is 0 Å². The van der Waals surface area contributed by atoms with Crippen molar-refractivity contribution in [1.82, 2.24) is 20.0 Å². The van der Waals surface area contributed by atoms with Gasteiger partial charge in [-0.25, -0.2) is 4.79 Å². The van der Waals surface area contributed by atoms with Crippen LogP contribution in [-0.2, 0) is 9.59 Å². The average Bonchev–Trinajstić information content (AvgIpc) is 3.34. The lowest BCUT2D eigenvalue weighted by atomic mass is 10.0. The summed E-state index contributed by atoms with van der Waals surface area (Å²) in [5, 5.41) is 3.12. The fourth-order valence-electron chi connectivity index (χ4n) is 3.33. The topological polar surface area (TPSA) is 73.0 Å². The molecular weight excluding hydrogens is 284 g/mol. The molecule has 3 aliphatic rings. The van der Waals surface area contributed by atoms with Crippen molar-refractivity contribution in [2.45, 2.75) is 44.3 Å². The summed E-state index contributed by atoms with van der Waals surface area (Å²) in [7, 11) is 3.26. The van der Waals surface area contributed by atoms with Gasteiger partial charge in [-0.2, -0.15) is 0 Å². The number of urea groups is 1. The van der Waals surface area contributed by atoms with Gasteiger partial charge in [0.1, 0.15) is 0 Å². The van der Waals surface area contributed by atoms with Crippen molar-refractivity contribution >= 4 is 17.8 Å². The van der Waals surface area contributed by atoms with Crippen LogP contribution in [0.4, 0.5) is 4.79 Å². The normalized spacial score (nSPS) is 30.6. The number of amides is 4. The quantitative estimate of drug-likeness (QED) is 0.809. The number of nitrogens with zero attached hydrogens (tertiary/aromatic N) is 3. The maximum Gasteiger partial charge on any atom is 0.327 e. The van der Waals surface area contributed by atoms with Crippen molar-refractivity contribution in [3.8, 4) is 0 Å². The van der Waals surface area contributed by atoms with E-state index in [-0.39, 0.29) is 36.0 Å². The largest absolute Gasteiger partial charge is 0.352 e. The van der Waals surface area contributed by atoms with Gasteiger partial charge in [-0.15, -0.1) is 0 Å². The third-order valence-electron chi connectivity index (χ3n) is 4.94. The SMILES string of the molecule is CN1C(=O)CC(N2CCCC(NC(=O)C3CC3)C2)N(C)C1=O. The fraction of sp³-hybridized carbons (Fsp3) is 0.800. The Kier molecular flexibility index (Phi) is 4.08. The monoisotopic (exact) mass is 308 g/mol. The summed E-state index contributed by atoms with van der Waals surface area (Å²) in [6.45, 7) is 1.56. The first-order valence-electron chi connectivity index (χ1n) is 8.05. The number of piperidine rings is 1. The summed E-state index contributed by atoms with van der Waals surface area (Å²) in [5.74, 6) is 0.234. The lowest BCUT2D eigenvalue weighted by Gasteiger charge is -2.45. The highest BCUT2D eigenvalue weighted by molar-refractivity contribution is 5.96. The zero-order valence-electron chi connectivity index (χ0n) is 13.2. The van der Waals surface area contributed by atoms with E-state index in [2.05, 4.69) is 10.2 Å². The van der Waals surface area contributed by atoms with Crippen LogP contribution in [-0.4, -0.2) is 71.9 Å². The standard InChI is InChI=1S/C15H24N4O3/c1-17-12(8-13(20)18(2)15(17)22)19-7-3-4-11(9-19)16-14(21)10-5-6-10/h10-12H,3-9H2,1-2H3,(H,16,21). The van der Waals surface area contributed by atoms with Gasteiger partial charge >= 0.3 is 6.03 Å². The van der Waals surface area contributed by atoms with Gasteiger partial charge in [0.05, 0.1) is 12.6 Å². The van der Waals surface area contributed by atoms with Crippen LogP contribution in [0.1, 0.15) is 32.1 Å². The van der Waals surface area contributed by atoms with Gasteiger partial charge in [0.2, 0.25) is 11.8 Å². The van der Waals surface area contributed by atoms with E-state index in [1.54, 1.807) is 11.9 Å². The molecule has 3 fully saturated rings. The number of likely N-dealkylation sites (tertiary alicyclic amines) is 1. The van der Waals surface area contributed by atoms with E-state index < -0.39 is 0 Å². The second-order valence-corrected chi connectivity index (χ2v) is 6.65. The second-order valence-electron chi connectivity index (χ2n) is 6.65. The molecule has 2 unspecified atom stereocenters. The third-order valence-corrected chi connectivity index (χ3v) is 4.94. The lowest BCUT2D eigenvalue weighted by molar-refractivity contribution is -0.135. The first-order valence-corrected chi connectivity index (χ1v) is 8.05.